The van der Waals surface area contributed by atoms with Crippen LogP contribution < -0.4 is 4.80 Å². The summed E-state index contributed by atoms with van der Waals surface area (Å²) in [5, 5.41) is 11.1. The van der Waals surface area contributed by atoms with E-state index in [1.807, 2.05) is 13.8 Å². The van der Waals surface area contributed by atoms with E-state index in [9.17, 15) is 23.3 Å². The number of fused-ring (bicyclic) bond motifs is 1. The SMILES string of the molecule is C#CCn1c(=NC(=O)c2ccc(S(=O)(=O)N3CC(C)OC(C)C3)cc2)sc2ccc([N+](=O)[O-])cc21. The Kier molecular flexibility index (Phi) is 6.86. The number of benzene rings is 2. The molecule has 1 aliphatic heterocycles. The van der Waals surface area contributed by atoms with Gasteiger partial charge in [0.15, 0.2) is 4.80 Å². The van der Waals surface area contributed by atoms with E-state index in [1.165, 1.54) is 52.0 Å². The molecule has 0 aliphatic carbocycles. The van der Waals surface area contributed by atoms with Gasteiger partial charge in [0.1, 0.15) is 0 Å². The van der Waals surface area contributed by atoms with Gasteiger partial charge < -0.3 is 9.30 Å². The molecule has 1 saturated heterocycles. The summed E-state index contributed by atoms with van der Waals surface area (Å²) in [4.78, 5) is 28.0. The number of nitro groups is 1. The Morgan fingerprint density at radius 2 is 1.89 bits per heavy atom. The first-order valence-electron chi connectivity index (χ1n) is 10.7. The molecule has 3 aromatic rings. The lowest BCUT2D eigenvalue weighted by Crippen LogP contribution is -2.48. The average Bonchev–Trinajstić information content (AvgIpc) is 3.15. The number of sulfonamides is 1. The zero-order valence-corrected chi connectivity index (χ0v) is 20.6. The number of carbonyl (C=O) groups is 1. The van der Waals surface area contributed by atoms with Crippen LogP contribution in [0.25, 0.3) is 10.2 Å². The summed E-state index contributed by atoms with van der Waals surface area (Å²) in [6.45, 7) is 4.21. The number of amides is 1. The maximum atomic E-state index is 13.0. The van der Waals surface area contributed by atoms with Crippen molar-refractivity contribution in [2.75, 3.05) is 13.1 Å². The molecule has 0 saturated carbocycles. The van der Waals surface area contributed by atoms with Gasteiger partial charge in [-0.25, -0.2) is 8.42 Å². The van der Waals surface area contributed by atoms with Crippen LogP contribution in [-0.2, 0) is 21.3 Å². The van der Waals surface area contributed by atoms with Crippen LogP contribution in [0.2, 0.25) is 0 Å². The van der Waals surface area contributed by atoms with Crippen LogP contribution in [0, 0.1) is 22.5 Å². The van der Waals surface area contributed by atoms with Crippen molar-refractivity contribution in [3.63, 3.8) is 0 Å². The molecule has 1 aliphatic rings. The number of non-ortho nitro benzene ring substituents is 1. The molecule has 1 fully saturated rings. The van der Waals surface area contributed by atoms with Gasteiger partial charge in [-0.3, -0.25) is 14.9 Å². The Bertz CT molecular complexity index is 1510. The molecule has 2 heterocycles. The average molecular weight is 515 g/mol. The monoisotopic (exact) mass is 514 g/mol. The number of nitro benzene ring substituents is 1. The Morgan fingerprint density at radius 3 is 2.49 bits per heavy atom. The lowest BCUT2D eigenvalue weighted by Gasteiger charge is -2.34. The van der Waals surface area contributed by atoms with Crippen molar-refractivity contribution in [3.8, 4) is 12.3 Å². The van der Waals surface area contributed by atoms with Gasteiger partial charge in [0.2, 0.25) is 10.0 Å². The lowest BCUT2D eigenvalue weighted by atomic mass is 10.2. The van der Waals surface area contributed by atoms with E-state index in [0.717, 1.165) is 0 Å². The van der Waals surface area contributed by atoms with Crippen molar-refractivity contribution in [3.05, 3.63) is 62.9 Å². The van der Waals surface area contributed by atoms with Crippen molar-refractivity contribution in [1.29, 1.82) is 0 Å². The van der Waals surface area contributed by atoms with E-state index >= 15 is 0 Å². The van der Waals surface area contributed by atoms with E-state index in [0.29, 0.717) is 10.2 Å². The van der Waals surface area contributed by atoms with Crippen molar-refractivity contribution in [1.82, 2.24) is 8.87 Å². The number of nitrogens with zero attached hydrogens (tertiary/aromatic N) is 4. The predicted molar refractivity (Wildman–Crippen MR) is 130 cm³/mol. The molecule has 10 nitrogen and oxygen atoms in total. The molecular weight excluding hydrogens is 492 g/mol. The highest BCUT2D eigenvalue weighted by molar-refractivity contribution is 7.89. The highest BCUT2D eigenvalue weighted by Gasteiger charge is 2.32. The second-order valence-electron chi connectivity index (χ2n) is 8.10. The van der Waals surface area contributed by atoms with Gasteiger partial charge in [-0.2, -0.15) is 9.30 Å². The fourth-order valence-corrected chi connectivity index (χ4v) is 6.50. The Morgan fingerprint density at radius 1 is 1.23 bits per heavy atom. The van der Waals surface area contributed by atoms with Crippen molar-refractivity contribution < 1.29 is 22.9 Å². The lowest BCUT2D eigenvalue weighted by molar-refractivity contribution is -0.384. The number of terminal acetylenes is 1. The summed E-state index contributed by atoms with van der Waals surface area (Å²) in [6.07, 6.45) is 5.03. The molecule has 0 radical (unpaired) electrons. The van der Waals surface area contributed by atoms with E-state index in [1.54, 1.807) is 10.6 Å². The molecule has 2 atom stereocenters. The highest BCUT2D eigenvalue weighted by atomic mass is 32.2. The Hall–Kier alpha value is -3.37. The quantitative estimate of drug-likeness (QED) is 0.293. The smallest absolute Gasteiger partial charge is 0.279 e. The Balaban J connectivity index is 1.65. The molecule has 0 spiro atoms. The zero-order valence-electron chi connectivity index (χ0n) is 18.9. The van der Waals surface area contributed by atoms with E-state index in [-0.39, 0.29) is 52.8 Å². The number of carbonyl (C=O) groups excluding carboxylic acids is 1. The van der Waals surface area contributed by atoms with Gasteiger partial charge in [0.25, 0.3) is 11.6 Å². The maximum Gasteiger partial charge on any atom is 0.279 e. The van der Waals surface area contributed by atoms with Crippen molar-refractivity contribution >= 4 is 43.2 Å². The van der Waals surface area contributed by atoms with Crippen molar-refractivity contribution in [2.24, 2.45) is 4.99 Å². The number of ether oxygens (including phenoxy) is 1. The number of hydrogen-bond acceptors (Lipinski definition) is 7. The normalized spacial score (nSPS) is 19.5. The Labute approximate surface area is 205 Å². The number of thiazole rings is 1. The third-order valence-electron chi connectivity index (χ3n) is 5.45. The van der Waals surface area contributed by atoms with Crippen LogP contribution in [0.4, 0.5) is 5.69 Å². The fourth-order valence-electron chi connectivity index (χ4n) is 3.90. The zero-order chi connectivity index (χ0) is 25.3. The number of hydrogen-bond donors (Lipinski definition) is 0. The van der Waals surface area contributed by atoms with Crippen LogP contribution in [0.15, 0.2) is 52.4 Å². The van der Waals surface area contributed by atoms with Gasteiger partial charge in [0, 0.05) is 30.8 Å². The molecule has 2 aromatic carbocycles. The number of morpholine rings is 1. The minimum absolute atomic E-state index is 0.0703. The molecule has 4 rings (SSSR count). The molecule has 12 heteroatoms. The second-order valence-corrected chi connectivity index (χ2v) is 11.1. The number of rotatable bonds is 5. The van der Waals surface area contributed by atoms with Crippen molar-refractivity contribution in [2.45, 2.75) is 37.5 Å². The molecular formula is C23H22N4O6S2. The third-order valence-corrected chi connectivity index (χ3v) is 8.35. The van der Waals surface area contributed by atoms with Crippen LogP contribution in [-0.4, -0.2) is 53.4 Å². The van der Waals surface area contributed by atoms with Crippen LogP contribution in [0.3, 0.4) is 0 Å². The summed E-state index contributed by atoms with van der Waals surface area (Å²) in [5.74, 6) is 1.89. The maximum absolute atomic E-state index is 13.0. The van der Waals surface area contributed by atoms with Crippen LogP contribution in [0.5, 0.6) is 0 Å². The van der Waals surface area contributed by atoms with Gasteiger partial charge in [-0.15, -0.1) is 6.42 Å². The van der Waals surface area contributed by atoms with E-state index in [2.05, 4.69) is 10.9 Å². The summed E-state index contributed by atoms with van der Waals surface area (Å²) in [6, 6.07) is 9.94. The molecule has 1 aromatic heterocycles. The van der Waals surface area contributed by atoms with Gasteiger partial charge in [0.05, 0.1) is 38.8 Å². The molecule has 0 N–H and O–H groups in total. The number of aromatic nitrogens is 1. The molecule has 0 bridgehead atoms. The topological polar surface area (TPSA) is 124 Å². The molecule has 35 heavy (non-hydrogen) atoms. The van der Waals surface area contributed by atoms with Gasteiger partial charge in [-0.05, 0) is 44.2 Å². The fraction of sp³-hybridized carbons (Fsp3) is 0.304. The van der Waals surface area contributed by atoms with Gasteiger partial charge in [-0.1, -0.05) is 17.3 Å². The third kappa shape index (κ3) is 5.03. The molecule has 1 amide bonds. The van der Waals surface area contributed by atoms with Crippen LogP contribution >= 0.6 is 11.3 Å². The summed E-state index contributed by atoms with van der Waals surface area (Å²) in [7, 11) is -3.74. The van der Waals surface area contributed by atoms with Crippen LogP contribution in [0.1, 0.15) is 24.2 Å². The summed E-state index contributed by atoms with van der Waals surface area (Å²) < 4.78 is 35.3. The highest BCUT2D eigenvalue weighted by Crippen LogP contribution is 2.24. The predicted octanol–water partition coefficient (Wildman–Crippen LogP) is 2.78. The minimum Gasteiger partial charge on any atom is -0.373 e. The standard InChI is InChI=1S/C23H22N4O6S2/c1-4-11-26-20-12-18(27(29)30)7-10-21(20)34-23(26)24-22(28)17-5-8-19(9-6-17)35(31,32)25-13-15(2)33-16(3)14-25/h1,5-10,12,15-16H,11,13-14H2,2-3H3. The summed E-state index contributed by atoms with van der Waals surface area (Å²) in [5.41, 5.74) is 0.604. The van der Waals surface area contributed by atoms with Gasteiger partial charge >= 0.3 is 0 Å². The van der Waals surface area contributed by atoms with E-state index < -0.39 is 20.9 Å². The minimum atomic E-state index is -3.74. The first kappa shape index (κ1) is 24.7. The first-order valence-corrected chi connectivity index (χ1v) is 12.9. The first-order chi connectivity index (χ1) is 16.6. The second kappa shape index (κ2) is 9.71. The molecule has 182 valence electrons. The largest absolute Gasteiger partial charge is 0.373 e. The van der Waals surface area contributed by atoms with E-state index in [4.69, 9.17) is 11.2 Å². The summed E-state index contributed by atoms with van der Waals surface area (Å²) >= 11 is 1.18. The molecule has 2 unspecified atom stereocenters.